The number of nitrogens with two attached hydrogens (primary N) is 1. The van der Waals surface area contributed by atoms with Crippen LogP contribution in [0.4, 0.5) is 0 Å². The Morgan fingerprint density at radius 1 is 1.16 bits per heavy atom. The average Bonchev–Trinajstić information content (AvgIpc) is 3.40. The Morgan fingerprint density at radius 2 is 1.89 bits per heavy atom. The predicted octanol–water partition coefficient (Wildman–Crippen LogP) is 4.11. The summed E-state index contributed by atoms with van der Waals surface area (Å²) in [7, 11) is 0. The Morgan fingerprint density at radius 3 is 2.55 bits per heavy atom. The van der Waals surface area contributed by atoms with E-state index in [4.69, 9.17) is 10.6 Å². The van der Waals surface area contributed by atoms with Crippen LogP contribution in [0.5, 0.6) is 0 Å². The number of amides is 3. The second kappa shape index (κ2) is 13.6. The number of rotatable bonds is 9. The van der Waals surface area contributed by atoms with Crippen LogP contribution in [-0.4, -0.2) is 99.5 Å². The zero-order valence-corrected chi connectivity index (χ0v) is 27.6. The van der Waals surface area contributed by atoms with Gasteiger partial charge in [0.2, 0.25) is 5.91 Å². The molecule has 0 aliphatic carbocycles. The van der Waals surface area contributed by atoms with Gasteiger partial charge >= 0.3 is 0 Å². The van der Waals surface area contributed by atoms with Crippen molar-refractivity contribution in [2.24, 2.45) is 17.1 Å². The van der Waals surface area contributed by atoms with Crippen LogP contribution in [0.2, 0.25) is 0 Å². The summed E-state index contributed by atoms with van der Waals surface area (Å²) in [6.07, 6.45) is 5.25. The maximum Gasteiger partial charge on any atom is 0.272 e. The van der Waals surface area contributed by atoms with Gasteiger partial charge in [0.1, 0.15) is 11.0 Å². The van der Waals surface area contributed by atoms with E-state index in [1.165, 1.54) is 22.5 Å². The van der Waals surface area contributed by atoms with Crippen LogP contribution in [0.3, 0.4) is 0 Å². The second-order valence-corrected chi connectivity index (χ2v) is 15.0. The lowest BCUT2D eigenvalue weighted by Crippen LogP contribution is -2.74. The van der Waals surface area contributed by atoms with E-state index < -0.39 is 18.3 Å². The van der Waals surface area contributed by atoms with Crippen molar-refractivity contribution in [2.75, 3.05) is 32.7 Å². The first-order chi connectivity index (χ1) is 20.9. The van der Waals surface area contributed by atoms with Crippen molar-refractivity contribution in [2.45, 2.75) is 91.1 Å². The van der Waals surface area contributed by atoms with Crippen molar-refractivity contribution in [3.63, 3.8) is 0 Å². The average molecular weight is 625 g/mol. The molecule has 0 bridgehead atoms. The zero-order valence-electron chi connectivity index (χ0n) is 26.8. The fourth-order valence-corrected chi connectivity index (χ4v) is 7.46. The summed E-state index contributed by atoms with van der Waals surface area (Å²) < 4.78 is 1.04. The number of hydroxylamine groups is 2. The van der Waals surface area contributed by atoms with Crippen LogP contribution in [0, 0.1) is 11.3 Å². The van der Waals surface area contributed by atoms with Gasteiger partial charge in [0.15, 0.2) is 12.3 Å². The third-order valence-corrected chi connectivity index (χ3v) is 9.69. The molecule has 11 heteroatoms. The normalized spacial score (nSPS) is 24.2. The van der Waals surface area contributed by atoms with Crippen molar-refractivity contribution in [1.82, 2.24) is 24.7 Å². The molecule has 2 aromatic rings. The number of fused-ring (bicyclic) bond motifs is 2. The van der Waals surface area contributed by atoms with Crippen LogP contribution in [0.25, 0.3) is 16.3 Å². The van der Waals surface area contributed by atoms with Gasteiger partial charge in [0.05, 0.1) is 16.8 Å². The number of para-hydroxylation sites is 1. The van der Waals surface area contributed by atoms with E-state index in [1.807, 2.05) is 43.0 Å². The molecule has 44 heavy (non-hydrogen) atoms. The fraction of sp³-hybridized carbons (Fsp3) is 0.636. The highest BCUT2D eigenvalue weighted by Crippen LogP contribution is 2.36. The van der Waals surface area contributed by atoms with Gasteiger partial charge in [0.25, 0.3) is 11.8 Å². The van der Waals surface area contributed by atoms with Gasteiger partial charge in [-0.05, 0) is 74.7 Å². The molecule has 3 atom stereocenters. The SMILES string of the molecule is CC(C)C[C@H]1ON(C(=O)/C=C/c2nc3ccccc3s2)[C@H]2CN(C3CCN(CCCN)CC3)C(=O)[C@H](CC(C)(C)C)N2C1=O. The molecule has 240 valence electrons. The molecule has 1 aromatic carbocycles. The molecule has 4 heterocycles. The number of nitrogens with zero attached hydrogens (tertiary/aromatic N) is 5. The third-order valence-electron chi connectivity index (χ3n) is 8.69. The van der Waals surface area contributed by atoms with Gasteiger partial charge in [-0.2, -0.15) is 5.06 Å². The van der Waals surface area contributed by atoms with Crippen LogP contribution in [-0.2, 0) is 19.2 Å². The standard InChI is InChI=1S/C33H48N6O4S/c1-22(2)19-26-32(42)38-25(20-33(3,4)5)31(41)37(23-13-17-36(18-14-23)16-8-15-34)21-29(38)39(43-26)30(40)12-11-28-35-24-9-6-7-10-27(24)44-28/h6-7,9-12,22-23,25-26,29H,8,13-21,34H2,1-5H3/b12-11+/t25-,26+,29-/m0/s1. The molecular weight excluding hydrogens is 576 g/mol. The van der Waals surface area contributed by atoms with E-state index >= 15 is 0 Å². The molecule has 3 aliphatic heterocycles. The summed E-state index contributed by atoms with van der Waals surface area (Å²) in [5.74, 6) is -0.423. The molecule has 1 aromatic heterocycles. The maximum atomic E-state index is 14.3. The molecule has 5 rings (SSSR count). The molecule has 10 nitrogen and oxygen atoms in total. The first kappa shape index (κ1) is 32.5. The molecular formula is C33H48N6O4S. The summed E-state index contributed by atoms with van der Waals surface area (Å²) in [5, 5.41) is 2.08. The fourth-order valence-electron chi connectivity index (χ4n) is 6.59. The van der Waals surface area contributed by atoms with E-state index in [9.17, 15) is 14.4 Å². The lowest BCUT2D eigenvalue weighted by Gasteiger charge is -2.55. The number of thiazole rings is 1. The Balaban J connectivity index is 1.45. The molecule has 3 fully saturated rings. The van der Waals surface area contributed by atoms with Gasteiger partial charge in [-0.1, -0.05) is 46.8 Å². The second-order valence-electron chi connectivity index (χ2n) is 14.0. The van der Waals surface area contributed by atoms with Gasteiger partial charge in [-0.25, -0.2) is 4.98 Å². The molecule has 2 N–H and O–H groups in total. The minimum absolute atomic E-state index is 0.0208. The molecule has 3 saturated heterocycles. The van der Waals surface area contributed by atoms with Crippen LogP contribution in [0.15, 0.2) is 30.3 Å². The quantitative estimate of drug-likeness (QED) is 0.418. The highest BCUT2D eigenvalue weighted by molar-refractivity contribution is 7.19. The number of carbonyl (C=O) groups excluding carboxylic acids is 3. The monoisotopic (exact) mass is 624 g/mol. The third kappa shape index (κ3) is 7.33. The van der Waals surface area contributed by atoms with Crippen molar-refractivity contribution in [1.29, 1.82) is 0 Å². The van der Waals surface area contributed by atoms with Crippen molar-refractivity contribution >= 4 is 45.4 Å². The van der Waals surface area contributed by atoms with Gasteiger partial charge < -0.3 is 20.4 Å². The molecule has 3 aliphatic rings. The number of benzene rings is 1. The summed E-state index contributed by atoms with van der Waals surface area (Å²) in [4.78, 5) is 59.2. The molecule has 0 saturated carbocycles. The smallest absolute Gasteiger partial charge is 0.272 e. The van der Waals surface area contributed by atoms with E-state index in [0.717, 1.165) is 54.1 Å². The highest BCUT2D eigenvalue weighted by Gasteiger charge is 2.54. The molecule has 0 spiro atoms. The lowest BCUT2D eigenvalue weighted by molar-refractivity contribution is -0.276. The van der Waals surface area contributed by atoms with Crippen LogP contribution < -0.4 is 5.73 Å². The largest absolute Gasteiger partial charge is 0.334 e. The minimum Gasteiger partial charge on any atom is -0.334 e. The Kier molecular flexibility index (Phi) is 10.1. The van der Waals surface area contributed by atoms with Crippen molar-refractivity contribution in [3.05, 3.63) is 35.3 Å². The van der Waals surface area contributed by atoms with Crippen LogP contribution in [0.1, 0.15) is 71.7 Å². The predicted molar refractivity (Wildman–Crippen MR) is 173 cm³/mol. The Bertz CT molecular complexity index is 1330. The topological polar surface area (TPSA) is 112 Å². The zero-order chi connectivity index (χ0) is 31.6. The summed E-state index contributed by atoms with van der Waals surface area (Å²) >= 11 is 1.51. The van der Waals surface area contributed by atoms with Gasteiger partial charge in [0, 0.05) is 25.2 Å². The van der Waals surface area contributed by atoms with Crippen molar-refractivity contribution < 1.29 is 19.2 Å². The number of likely N-dealkylation sites (tertiary alicyclic amines) is 1. The minimum atomic E-state index is -0.835. The summed E-state index contributed by atoms with van der Waals surface area (Å²) in [5.41, 5.74) is 6.40. The first-order valence-corrected chi connectivity index (χ1v) is 16.9. The number of hydrogen-bond donors (Lipinski definition) is 1. The number of aromatic nitrogens is 1. The Labute approximate surface area is 265 Å². The Hall–Kier alpha value is -2.86. The molecule has 0 radical (unpaired) electrons. The van der Waals surface area contributed by atoms with E-state index in [0.29, 0.717) is 19.4 Å². The lowest BCUT2D eigenvalue weighted by atomic mass is 9.84. The van der Waals surface area contributed by atoms with Gasteiger partial charge in [-0.15, -0.1) is 11.3 Å². The molecule has 0 unspecified atom stereocenters. The first-order valence-electron chi connectivity index (χ1n) is 16.0. The highest BCUT2D eigenvalue weighted by atomic mass is 32.1. The van der Waals surface area contributed by atoms with Gasteiger partial charge in [-0.3, -0.25) is 19.2 Å². The van der Waals surface area contributed by atoms with E-state index in [1.54, 1.807) is 11.0 Å². The van der Waals surface area contributed by atoms with E-state index in [-0.39, 0.29) is 41.6 Å². The summed E-state index contributed by atoms with van der Waals surface area (Å²) in [6, 6.07) is 7.24. The number of carbonyl (C=O) groups is 3. The number of hydrogen-bond acceptors (Lipinski definition) is 8. The summed E-state index contributed by atoms with van der Waals surface area (Å²) in [6.45, 7) is 14.0. The maximum absolute atomic E-state index is 14.3. The van der Waals surface area contributed by atoms with E-state index in [2.05, 4.69) is 30.7 Å². The number of piperidine rings is 1. The van der Waals surface area contributed by atoms with Crippen LogP contribution >= 0.6 is 11.3 Å². The van der Waals surface area contributed by atoms with Crippen molar-refractivity contribution in [3.8, 4) is 0 Å². The molecule has 3 amide bonds. The number of piperazine rings is 1.